The standard InChI is InChI=1S/C15H23NO4S/c1-3-21(18,19)14-10-7-6-9-13(14)16-12-8-4-5-11-15(17)20-2/h6-7,9-10,16H,3-5,8,11-12H2,1-2H3. The summed E-state index contributed by atoms with van der Waals surface area (Å²) in [5, 5.41) is 3.16. The molecule has 1 aromatic rings. The van der Waals surface area contributed by atoms with E-state index < -0.39 is 9.84 Å². The van der Waals surface area contributed by atoms with Gasteiger partial charge in [0.25, 0.3) is 0 Å². The van der Waals surface area contributed by atoms with Crippen molar-refractivity contribution in [1.29, 1.82) is 0 Å². The van der Waals surface area contributed by atoms with Crippen LogP contribution in [0, 0.1) is 0 Å². The second kappa shape index (κ2) is 8.67. The summed E-state index contributed by atoms with van der Waals surface area (Å²) >= 11 is 0. The van der Waals surface area contributed by atoms with Crippen molar-refractivity contribution in [3.05, 3.63) is 24.3 Å². The molecule has 5 nitrogen and oxygen atoms in total. The average molecular weight is 313 g/mol. The maximum Gasteiger partial charge on any atom is 0.305 e. The van der Waals surface area contributed by atoms with Crippen molar-refractivity contribution < 1.29 is 17.9 Å². The molecule has 1 rings (SSSR count). The third kappa shape index (κ3) is 5.75. The summed E-state index contributed by atoms with van der Waals surface area (Å²) in [7, 11) is -1.83. The molecule has 0 bridgehead atoms. The third-order valence-electron chi connectivity index (χ3n) is 3.20. The second-order valence-corrected chi connectivity index (χ2v) is 6.96. The molecule has 1 N–H and O–H groups in total. The number of unbranched alkanes of at least 4 members (excludes halogenated alkanes) is 2. The largest absolute Gasteiger partial charge is 0.469 e. The first kappa shape index (κ1) is 17.5. The number of carbonyl (C=O) groups is 1. The Labute approximate surface area is 126 Å². The number of ether oxygens (including phenoxy) is 1. The van der Waals surface area contributed by atoms with E-state index in [2.05, 4.69) is 10.1 Å². The van der Waals surface area contributed by atoms with E-state index in [0.717, 1.165) is 19.3 Å². The zero-order valence-electron chi connectivity index (χ0n) is 12.6. The molecule has 0 atom stereocenters. The number of sulfone groups is 1. The van der Waals surface area contributed by atoms with Crippen LogP contribution in [0.2, 0.25) is 0 Å². The summed E-state index contributed by atoms with van der Waals surface area (Å²) in [6.45, 7) is 2.32. The van der Waals surface area contributed by atoms with Crippen LogP contribution in [-0.2, 0) is 19.4 Å². The monoisotopic (exact) mass is 313 g/mol. The number of methoxy groups -OCH3 is 1. The molecule has 0 amide bonds. The van der Waals surface area contributed by atoms with Crippen LogP contribution in [0.1, 0.15) is 32.6 Å². The van der Waals surface area contributed by atoms with Crippen LogP contribution in [0.3, 0.4) is 0 Å². The number of hydrogen-bond donors (Lipinski definition) is 1. The Balaban J connectivity index is 2.45. The highest BCUT2D eigenvalue weighted by molar-refractivity contribution is 7.91. The Morgan fingerprint density at radius 2 is 1.90 bits per heavy atom. The molecule has 0 aromatic heterocycles. The number of hydrogen-bond acceptors (Lipinski definition) is 5. The summed E-state index contributed by atoms with van der Waals surface area (Å²) in [6.07, 6.45) is 2.98. The molecular weight excluding hydrogens is 290 g/mol. The molecule has 6 heteroatoms. The summed E-state index contributed by atoms with van der Waals surface area (Å²) in [6, 6.07) is 6.94. The van der Waals surface area contributed by atoms with E-state index in [1.54, 1.807) is 25.1 Å². The first-order valence-electron chi connectivity index (χ1n) is 7.13. The number of anilines is 1. The molecular formula is C15H23NO4S. The fourth-order valence-electron chi connectivity index (χ4n) is 1.94. The van der Waals surface area contributed by atoms with Gasteiger partial charge in [0.05, 0.1) is 23.4 Å². The van der Waals surface area contributed by atoms with Crippen LogP contribution in [-0.4, -0.2) is 33.8 Å². The Kier molecular flexibility index (Phi) is 7.22. The lowest BCUT2D eigenvalue weighted by Gasteiger charge is -2.11. The highest BCUT2D eigenvalue weighted by Crippen LogP contribution is 2.22. The fraction of sp³-hybridized carbons (Fsp3) is 0.533. The number of carbonyl (C=O) groups excluding carboxylic acids is 1. The summed E-state index contributed by atoms with van der Waals surface area (Å²) in [4.78, 5) is 11.3. The van der Waals surface area contributed by atoms with Crippen molar-refractivity contribution in [1.82, 2.24) is 0 Å². The number of benzene rings is 1. The molecule has 0 aliphatic heterocycles. The van der Waals surface area contributed by atoms with E-state index in [-0.39, 0.29) is 11.7 Å². The van der Waals surface area contributed by atoms with Gasteiger partial charge >= 0.3 is 5.97 Å². The molecule has 0 saturated heterocycles. The van der Waals surface area contributed by atoms with Crippen molar-refractivity contribution in [3.8, 4) is 0 Å². The molecule has 21 heavy (non-hydrogen) atoms. The fourth-order valence-corrected chi connectivity index (χ4v) is 3.01. The molecule has 0 radical (unpaired) electrons. The van der Waals surface area contributed by atoms with Crippen molar-refractivity contribution in [2.75, 3.05) is 24.7 Å². The number of esters is 1. The van der Waals surface area contributed by atoms with E-state index in [4.69, 9.17) is 0 Å². The predicted molar refractivity (Wildman–Crippen MR) is 83.1 cm³/mol. The number of rotatable bonds is 9. The van der Waals surface area contributed by atoms with Crippen molar-refractivity contribution in [2.45, 2.75) is 37.5 Å². The molecule has 1 aromatic carbocycles. The Bertz CT molecular complexity index is 555. The van der Waals surface area contributed by atoms with Crippen LogP contribution in [0.25, 0.3) is 0 Å². The minimum atomic E-state index is -3.21. The van der Waals surface area contributed by atoms with Gasteiger partial charge in [-0.25, -0.2) is 8.42 Å². The van der Waals surface area contributed by atoms with Crippen LogP contribution in [0.4, 0.5) is 5.69 Å². The van der Waals surface area contributed by atoms with Crippen LogP contribution in [0.5, 0.6) is 0 Å². The molecule has 0 spiro atoms. The highest BCUT2D eigenvalue weighted by atomic mass is 32.2. The van der Waals surface area contributed by atoms with Crippen molar-refractivity contribution >= 4 is 21.5 Å². The first-order valence-corrected chi connectivity index (χ1v) is 8.79. The van der Waals surface area contributed by atoms with Crippen LogP contribution in [0.15, 0.2) is 29.2 Å². The van der Waals surface area contributed by atoms with Gasteiger partial charge in [0.1, 0.15) is 0 Å². The minimum Gasteiger partial charge on any atom is -0.469 e. The van der Waals surface area contributed by atoms with E-state index in [9.17, 15) is 13.2 Å². The third-order valence-corrected chi connectivity index (χ3v) is 4.99. The lowest BCUT2D eigenvalue weighted by molar-refractivity contribution is -0.140. The Morgan fingerprint density at radius 3 is 2.57 bits per heavy atom. The molecule has 0 fully saturated rings. The zero-order valence-corrected chi connectivity index (χ0v) is 13.4. The SMILES string of the molecule is CCS(=O)(=O)c1ccccc1NCCCCCC(=O)OC. The van der Waals surface area contributed by atoms with Gasteiger partial charge in [-0.2, -0.15) is 0 Å². The smallest absolute Gasteiger partial charge is 0.305 e. The first-order chi connectivity index (χ1) is 10.0. The maximum atomic E-state index is 12.0. The van der Waals surface area contributed by atoms with Gasteiger partial charge in [-0.05, 0) is 25.0 Å². The zero-order chi connectivity index (χ0) is 15.7. The van der Waals surface area contributed by atoms with E-state index in [1.165, 1.54) is 7.11 Å². The molecule has 118 valence electrons. The van der Waals surface area contributed by atoms with Crippen LogP contribution < -0.4 is 5.32 Å². The van der Waals surface area contributed by atoms with Gasteiger partial charge in [-0.3, -0.25) is 4.79 Å². The average Bonchev–Trinajstić information content (AvgIpc) is 2.50. The summed E-state index contributed by atoms with van der Waals surface area (Å²) in [5.74, 6) is -0.104. The van der Waals surface area contributed by atoms with Crippen molar-refractivity contribution in [3.63, 3.8) is 0 Å². The highest BCUT2D eigenvalue weighted by Gasteiger charge is 2.15. The number of nitrogens with one attached hydrogen (secondary N) is 1. The van der Waals surface area contributed by atoms with Gasteiger partial charge in [-0.1, -0.05) is 25.5 Å². The molecule has 0 aliphatic carbocycles. The minimum absolute atomic E-state index is 0.0881. The lowest BCUT2D eigenvalue weighted by atomic mass is 10.2. The Morgan fingerprint density at radius 1 is 1.19 bits per heavy atom. The van der Waals surface area contributed by atoms with Gasteiger partial charge in [0.15, 0.2) is 9.84 Å². The van der Waals surface area contributed by atoms with Crippen LogP contribution >= 0.6 is 0 Å². The molecule has 0 heterocycles. The normalized spacial score (nSPS) is 11.1. The van der Waals surface area contributed by atoms with E-state index >= 15 is 0 Å². The molecule has 0 saturated carbocycles. The predicted octanol–water partition coefficient (Wildman–Crippen LogP) is 2.63. The van der Waals surface area contributed by atoms with Crippen molar-refractivity contribution in [2.24, 2.45) is 0 Å². The molecule has 0 unspecified atom stereocenters. The molecule has 0 aliphatic rings. The van der Waals surface area contributed by atoms with Gasteiger partial charge in [0.2, 0.25) is 0 Å². The van der Waals surface area contributed by atoms with Gasteiger partial charge in [0, 0.05) is 13.0 Å². The second-order valence-electron chi connectivity index (χ2n) is 4.71. The number of para-hydroxylation sites is 1. The Hall–Kier alpha value is -1.56. The quantitative estimate of drug-likeness (QED) is 0.560. The lowest BCUT2D eigenvalue weighted by Crippen LogP contribution is -2.10. The van der Waals surface area contributed by atoms with E-state index in [1.807, 2.05) is 6.07 Å². The maximum absolute atomic E-state index is 12.0. The summed E-state index contributed by atoms with van der Waals surface area (Å²) < 4.78 is 28.5. The van der Waals surface area contributed by atoms with Gasteiger partial charge in [-0.15, -0.1) is 0 Å². The topological polar surface area (TPSA) is 72.5 Å². The van der Waals surface area contributed by atoms with E-state index in [0.29, 0.717) is 23.5 Å². The summed E-state index contributed by atoms with van der Waals surface area (Å²) in [5.41, 5.74) is 0.646. The van der Waals surface area contributed by atoms with Gasteiger partial charge < -0.3 is 10.1 Å².